The molecule has 0 aromatic heterocycles. The first-order valence-corrected chi connectivity index (χ1v) is 6.16. The fourth-order valence-corrected chi connectivity index (χ4v) is 2.32. The van der Waals surface area contributed by atoms with Crippen LogP contribution in [0.25, 0.3) is 0 Å². The first kappa shape index (κ1) is 12.8. The first-order chi connectivity index (χ1) is 8.04. The fourth-order valence-electron chi connectivity index (χ4n) is 2.12. The molecular weight excluding hydrogens is 241 g/mol. The predicted octanol–water partition coefficient (Wildman–Crippen LogP) is 2.68. The van der Waals surface area contributed by atoms with Crippen molar-refractivity contribution in [1.29, 1.82) is 0 Å². The molecule has 1 N–H and O–H groups in total. The molecule has 0 amide bonds. The van der Waals surface area contributed by atoms with E-state index in [0.29, 0.717) is 0 Å². The molecule has 0 atom stereocenters. The maximum Gasteiger partial charge on any atom is 0.141 e. The van der Waals surface area contributed by atoms with E-state index in [9.17, 15) is 9.50 Å². The normalized spacial score (nSPS) is 17.5. The number of benzene rings is 1. The second-order valence-electron chi connectivity index (χ2n) is 5.08. The third kappa shape index (κ3) is 3.18. The van der Waals surface area contributed by atoms with Gasteiger partial charge in [0.1, 0.15) is 5.82 Å². The van der Waals surface area contributed by atoms with Crippen LogP contribution in [0.3, 0.4) is 0 Å². The van der Waals surface area contributed by atoms with Crippen LogP contribution in [-0.2, 0) is 6.54 Å². The Bertz CT molecular complexity index is 406. The van der Waals surface area contributed by atoms with Crippen molar-refractivity contribution in [2.45, 2.75) is 19.4 Å². The number of halogens is 2. The summed E-state index contributed by atoms with van der Waals surface area (Å²) in [6.07, 6.45) is 2.19. The largest absolute Gasteiger partial charge is 0.396 e. The molecule has 94 valence electrons. The minimum Gasteiger partial charge on any atom is -0.396 e. The van der Waals surface area contributed by atoms with Gasteiger partial charge in [-0.25, -0.2) is 4.39 Å². The number of aliphatic hydroxyl groups excluding tert-OH is 1. The smallest absolute Gasteiger partial charge is 0.141 e. The van der Waals surface area contributed by atoms with Gasteiger partial charge in [0.2, 0.25) is 0 Å². The quantitative estimate of drug-likeness (QED) is 0.877. The number of nitrogens with zero attached hydrogens (tertiary/aromatic N) is 1. The Labute approximate surface area is 106 Å². The second-order valence-corrected chi connectivity index (χ2v) is 5.49. The van der Waals surface area contributed by atoms with Crippen molar-refractivity contribution in [3.8, 4) is 0 Å². The molecule has 0 aliphatic heterocycles. The number of rotatable bonds is 5. The highest BCUT2D eigenvalue weighted by molar-refractivity contribution is 6.30. The molecule has 1 aromatic carbocycles. The minimum absolute atomic E-state index is 0.110. The Hall–Kier alpha value is -0.640. The predicted molar refractivity (Wildman–Crippen MR) is 66.5 cm³/mol. The fraction of sp³-hybridized carbons (Fsp3) is 0.538. The lowest BCUT2D eigenvalue weighted by molar-refractivity contribution is 0.161. The lowest BCUT2D eigenvalue weighted by Gasteiger charge is -2.22. The van der Waals surface area contributed by atoms with Crippen LogP contribution in [0.5, 0.6) is 0 Å². The standard InChI is InChI=1S/C13H17ClFNO/c1-16(8-13(9-17)4-5-13)7-10-2-3-12(15)11(14)6-10/h2-3,6,17H,4-5,7-9H2,1H3. The average Bonchev–Trinajstić information content (AvgIpc) is 3.04. The number of hydrogen-bond acceptors (Lipinski definition) is 2. The van der Waals surface area contributed by atoms with Crippen molar-refractivity contribution >= 4 is 11.6 Å². The van der Waals surface area contributed by atoms with E-state index < -0.39 is 0 Å². The summed E-state index contributed by atoms with van der Waals surface area (Å²) in [6.45, 7) is 1.85. The molecular formula is C13H17ClFNO. The molecule has 0 radical (unpaired) electrons. The zero-order valence-corrected chi connectivity index (χ0v) is 10.7. The molecule has 1 aliphatic carbocycles. The highest BCUT2D eigenvalue weighted by Crippen LogP contribution is 2.45. The summed E-state index contributed by atoms with van der Waals surface area (Å²) in [7, 11) is 2.01. The Morgan fingerprint density at radius 3 is 2.71 bits per heavy atom. The first-order valence-electron chi connectivity index (χ1n) is 5.78. The molecule has 4 heteroatoms. The Morgan fingerprint density at radius 1 is 1.47 bits per heavy atom. The van der Waals surface area contributed by atoms with E-state index in [4.69, 9.17) is 11.6 Å². The lowest BCUT2D eigenvalue weighted by atomic mass is 10.1. The van der Waals surface area contributed by atoms with Crippen molar-refractivity contribution in [2.24, 2.45) is 5.41 Å². The molecule has 2 rings (SSSR count). The second kappa shape index (κ2) is 4.92. The van der Waals surface area contributed by atoms with Crippen LogP contribution in [0.1, 0.15) is 18.4 Å². The van der Waals surface area contributed by atoms with E-state index in [0.717, 1.165) is 31.5 Å². The zero-order valence-electron chi connectivity index (χ0n) is 9.92. The van der Waals surface area contributed by atoms with Gasteiger partial charge in [0.15, 0.2) is 0 Å². The van der Waals surface area contributed by atoms with Crippen molar-refractivity contribution in [1.82, 2.24) is 4.90 Å². The molecule has 0 spiro atoms. The van der Waals surface area contributed by atoms with E-state index in [1.165, 1.54) is 6.07 Å². The lowest BCUT2D eigenvalue weighted by Crippen LogP contribution is -2.28. The molecule has 17 heavy (non-hydrogen) atoms. The van der Waals surface area contributed by atoms with Crippen LogP contribution in [0.2, 0.25) is 5.02 Å². The van der Waals surface area contributed by atoms with Gasteiger partial charge in [0.25, 0.3) is 0 Å². The molecule has 0 unspecified atom stereocenters. The van der Waals surface area contributed by atoms with Gasteiger partial charge in [-0.05, 0) is 37.6 Å². The summed E-state index contributed by atoms with van der Waals surface area (Å²) < 4.78 is 13.0. The molecule has 1 aromatic rings. The van der Waals surface area contributed by atoms with Crippen LogP contribution >= 0.6 is 11.6 Å². The molecule has 1 saturated carbocycles. The molecule has 1 fully saturated rings. The van der Waals surface area contributed by atoms with Crippen molar-refractivity contribution in [2.75, 3.05) is 20.2 Å². The third-order valence-corrected chi connectivity index (χ3v) is 3.62. The van der Waals surface area contributed by atoms with E-state index in [1.807, 2.05) is 7.05 Å². The number of aliphatic hydroxyl groups is 1. The Morgan fingerprint density at radius 2 is 2.18 bits per heavy atom. The summed E-state index contributed by atoms with van der Waals surface area (Å²) >= 11 is 5.74. The summed E-state index contributed by atoms with van der Waals surface area (Å²) in [6, 6.07) is 4.80. The van der Waals surface area contributed by atoms with Gasteiger partial charge >= 0.3 is 0 Å². The minimum atomic E-state index is -0.382. The van der Waals surface area contributed by atoms with Gasteiger partial charge in [0.05, 0.1) is 5.02 Å². The molecule has 1 aliphatic rings. The van der Waals surface area contributed by atoms with E-state index in [-0.39, 0.29) is 22.9 Å². The SMILES string of the molecule is CN(Cc1ccc(F)c(Cl)c1)CC1(CO)CC1. The average molecular weight is 258 g/mol. The highest BCUT2D eigenvalue weighted by atomic mass is 35.5. The van der Waals surface area contributed by atoms with Crippen molar-refractivity contribution in [3.05, 3.63) is 34.6 Å². The van der Waals surface area contributed by atoms with E-state index >= 15 is 0 Å². The molecule has 0 bridgehead atoms. The maximum atomic E-state index is 13.0. The van der Waals surface area contributed by atoms with Crippen LogP contribution in [0, 0.1) is 11.2 Å². The van der Waals surface area contributed by atoms with Gasteiger partial charge < -0.3 is 10.0 Å². The van der Waals surface area contributed by atoms with Crippen molar-refractivity contribution in [3.63, 3.8) is 0 Å². The molecule has 2 nitrogen and oxygen atoms in total. The van der Waals surface area contributed by atoms with Gasteiger partial charge in [-0.2, -0.15) is 0 Å². The van der Waals surface area contributed by atoms with Gasteiger partial charge in [-0.1, -0.05) is 17.7 Å². The van der Waals surface area contributed by atoms with Crippen LogP contribution in [-0.4, -0.2) is 30.2 Å². The summed E-state index contributed by atoms with van der Waals surface area (Å²) in [4.78, 5) is 2.15. The third-order valence-electron chi connectivity index (χ3n) is 3.33. The molecule has 0 saturated heterocycles. The van der Waals surface area contributed by atoms with Gasteiger partial charge in [-0.3, -0.25) is 0 Å². The van der Waals surface area contributed by atoms with Crippen LogP contribution < -0.4 is 0 Å². The number of hydrogen-bond donors (Lipinski definition) is 1. The highest BCUT2D eigenvalue weighted by Gasteiger charge is 2.42. The van der Waals surface area contributed by atoms with E-state index in [2.05, 4.69) is 4.90 Å². The van der Waals surface area contributed by atoms with Gasteiger partial charge in [0, 0.05) is 25.1 Å². The molecule has 0 heterocycles. The Balaban J connectivity index is 1.93. The van der Waals surface area contributed by atoms with E-state index in [1.54, 1.807) is 12.1 Å². The summed E-state index contributed by atoms with van der Waals surface area (Å²) in [5, 5.41) is 9.42. The summed E-state index contributed by atoms with van der Waals surface area (Å²) in [5.41, 5.74) is 1.10. The topological polar surface area (TPSA) is 23.5 Å². The summed E-state index contributed by atoms with van der Waals surface area (Å²) in [5.74, 6) is -0.382. The van der Waals surface area contributed by atoms with Crippen LogP contribution in [0.4, 0.5) is 4.39 Å². The zero-order chi connectivity index (χ0) is 12.5. The monoisotopic (exact) mass is 257 g/mol. The van der Waals surface area contributed by atoms with Crippen LogP contribution in [0.15, 0.2) is 18.2 Å². The maximum absolute atomic E-state index is 13.0. The van der Waals surface area contributed by atoms with Crippen molar-refractivity contribution < 1.29 is 9.50 Å². The van der Waals surface area contributed by atoms with Gasteiger partial charge in [-0.15, -0.1) is 0 Å². The Kier molecular flexibility index (Phi) is 3.71.